The van der Waals surface area contributed by atoms with Crippen molar-refractivity contribution in [3.05, 3.63) is 283 Å². The van der Waals surface area contributed by atoms with Crippen LogP contribution in [0.25, 0.3) is 72.3 Å². The zero-order valence-corrected chi connectivity index (χ0v) is 46.4. The number of hydrogen-bond acceptors (Lipinski definition) is 2. The Kier molecular flexibility index (Phi) is 7.66. The lowest BCUT2D eigenvalue weighted by molar-refractivity contribution is -0.572. The summed E-state index contributed by atoms with van der Waals surface area (Å²) in [4.78, 5) is 4.84. The van der Waals surface area contributed by atoms with Crippen LogP contribution in [0.3, 0.4) is 0 Å². The molecule has 3 heterocycles. The highest BCUT2D eigenvalue weighted by molar-refractivity contribution is 7.20. The first-order valence-electron chi connectivity index (χ1n) is 39.4. The summed E-state index contributed by atoms with van der Waals surface area (Å²) in [5.74, 6) is 1.23. The fraction of sp³-hybridized carbons (Fsp3) is 0.132. The first-order valence-corrected chi connectivity index (χ1v) is 28.4. The fourth-order valence-corrected chi connectivity index (χ4v) is 15.0. The van der Waals surface area contributed by atoms with Gasteiger partial charge in [0, 0.05) is 31.3 Å². The molecule has 0 spiro atoms. The average molecular weight is 1110 g/mol. The highest BCUT2D eigenvalue weighted by Crippen LogP contribution is 2.39. The van der Waals surface area contributed by atoms with Crippen LogP contribution in [0.15, 0.2) is 254 Å². The maximum Gasteiger partial charge on any atom is 0.269 e. The fourth-order valence-electron chi connectivity index (χ4n) is 10.9. The standard InChI is InChI=1S/C76H66N4OSi/c1-52-25-23-26-53(2)73(52)55-39-42-68-70(46-55)78(58-29-24-30-59(49-58)81-60-40-41-65-64-37-21-22-38-67(64)80(69(65)50-60)72-48-57(43-44-77-72)75(3,4)5)51-79(68)74-66(76(6,7)8)45-56(54-27-13-9-14-28-54)47-71(74)82(61-31-15-10-16-32-61,62-33-17-11-18-34-62)63-35-19-12-20-36-63/h9-50H,1-8H3/i1D3,2D3,9D,10D,11D,12D,13D,14D,15D,16D,17D,18D,19D,20D,27D,28D,31D,32D,33D,34D,35D,36D. The lowest BCUT2D eigenvalue weighted by Gasteiger charge is -2.38. The van der Waals surface area contributed by atoms with Gasteiger partial charge in [0.15, 0.2) is 8.07 Å². The van der Waals surface area contributed by atoms with Crippen molar-refractivity contribution in [2.24, 2.45) is 0 Å². The van der Waals surface area contributed by atoms with Crippen LogP contribution in [-0.4, -0.2) is 22.2 Å². The van der Waals surface area contributed by atoms with Crippen molar-refractivity contribution >= 4 is 61.7 Å². The van der Waals surface area contributed by atoms with Gasteiger partial charge in [0.05, 0.1) is 60.9 Å². The molecule has 13 rings (SSSR count). The molecule has 6 heteroatoms. The van der Waals surface area contributed by atoms with Crippen LogP contribution in [-0.2, 0) is 10.8 Å². The Hall–Kier alpha value is -9.36. The van der Waals surface area contributed by atoms with Crippen LogP contribution in [0.2, 0.25) is 0 Å². The molecular formula is C76H66N4OSi. The van der Waals surface area contributed by atoms with E-state index in [9.17, 15) is 19.2 Å². The molecule has 400 valence electrons. The van der Waals surface area contributed by atoms with Crippen LogP contribution in [0.5, 0.6) is 11.5 Å². The van der Waals surface area contributed by atoms with E-state index >= 15 is 0 Å². The number of para-hydroxylation sites is 1. The molecule has 0 bridgehead atoms. The Balaban J connectivity index is 1.24. The minimum absolute atomic E-state index is 0.0258. The molecule has 0 N–H and O–H groups in total. The zero-order chi connectivity index (χ0) is 78.7. The van der Waals surface area contributed by atoms with Crippen molar-refractivity contribution < 1.29 is 44.9 Å². The topological polar surface area (TPSA) is 35.9 Å². The lowest BCUT2D eigenvalue weighted by atomic mass is 9.83. The van der Waals surface area contributed by atoms with E-state index in [0.717, 1.165) is 27.4 Å². The number of imidazole rings is 1. The molecule has 0 amide bonds. The molecule has 0 atom stereocenters. The number of nitrogens with zero attached hydrogens (tertiary/aromatic N) is 4. The number of aromatic nitrogens is 4. The molecule has 0 fully saturated rings. The zero-order valence-electron chi connectivity index (χ0n) is 71.4. The summed E-state index contributed by atoms with van der Waals surface area (Å²) >= 11 is 0. The number of rotatable bonds is 11. The van der Waals surface area contributed by atoms with E-state index in [4.69, 9.17) is 26.2 Å². The highest BCUT2D eigenvalue weighted by atomic mass is 28.3. The van der Waals surface area contributed by atoms with E-state index in [1.54, 1.807) is 57.3 Å². The average Bonchev–Trinajstić information content (AvgIpc) is 1.28. The first kappa shape index (κ1) is 30.5. The Labute approximate surface area is 519 Å². The summed E-state index contributed by atoms with van der Waals surface area (Å²) in [5, 5.41) is -1.42. The third-order valence-corrected chi connectivity index (χ3v) is 19.0. The van der Waals surface area contributed by atoms with Crippen molar-refractivity contribution in [1.82, 2.24) is 14.1 Å². The molecular weight excluding hydrogens is 1010 g/mol. The summed E-state index contributed by atoms with van der Waals surface area (Å²) in [6, 6.07) is 14.7. The minimum Gasteiger partial charge on any atom is -0.458 e. The number of ether oxygens (including phenoxy) is 1. The predicted molar refractivity (Wildman–Crippen MR) is 344 cm³/mol. The number of benzene rings is 10. The second kappa shape index (κ2) is 20.6. The Morgan fingerprint density at radius 2 is 1.15 bits per heavy atom. The van der Waals surface area contributed by atoms with E-state index < -0.39 is 174 Å². The van der Waals surface area contributed by atoms with Gasteiger partial charge >= 0.3 is 0 Å². The Morgan fingerprint density at radius 1 is 0.524 bits per heavy atom. The smallest absolute Gasteiger partial charge is 0.269 e. The summed E-state index contributed by atoms with van der Waals surface area (Å²) in [7, 11) is -6.35. The van der Waals surface area contributed by atoms with E-state index in [0.29, 0.717) is 11.6 Å². The van der Waals surface area contributed by atoms with Crippen LogP contribution >= 0.6 is 0 Å². The second-order valence-electron chi connectivity index (χ2n) is 21.9. The van der Waals surface area contributed by atoms with E-state index in [2.05, 4.69) is 27.1 Å². The highest BCUT2D eigenvalue weighted by Gasteiger charge is 2.45. The summed E-state index contributed by atoms with van der Waals surface area (Å²) in [6.45, 7) is 5.51. The van der Waals surface area contributed by atoms with Crippen molar-refractivity contribution in [3.63, 3.8) is 0 Å². The normalized spacial score (nSPS) is 17.0. The van der Waals surface area contributed by atoms with Gasteiger partial charge in [-0.2, -0.15) is 0 Å². The third-order valence-electron chi connectivity index (χ3n) is 14.8. The van der Waals surface area contributed by atoms with Crippen LogP contribution in [0, 0.1) is 20.0 Å². The lowest BCUT2D eigenvalue weighted by Crippen LogP contribution is -2.76. The number of hydrogen-bond donors (Lipinski definition) is 0. The van der Waals surface area contributed by atoms with E-state index in [1.807, 2.05) is 53.1 Å². The number of fused-ring (bicyclic) bond motifs is 4. The van der Waals surface area contributed by atoms with Gasteiger partial charge in [-0.05, 0) is 144 Å². The van der Waals surface area contributed by atoms with Crippen LogP contribution < -0.4 is 30.1 Å². The van der Waals surface area contributed by atoms with E-state index in [-0.39, 0.29) is 67.0 Å². The molecule has 0 aliphatic heterocycles. The maximum atomic E-state index is 10.2. The molecule has 0 aliphatic carbocycles. The van der Waals surface area contributed by atoms with Gasteiger partial charge in [-0.3, -0.25) is 13.7 Å². The van der Waals surface area contributed by atoms with E-state index in [1.165, 1.54) is 57.7 Å². The summed E-state index contributed by atoms with van der Waals surface area (Å²) in [5.41, 5.74) is -0.566. The van der Waals surface area contributed by atoms with Crippen molar-refractivity contribution in [2.75, 3.05) is 0 Å². The van der Waals surface area contributed by atoms with Crippen molar-refractivity contribution in [1.29, 1.82) is 0 Å². The maximum absolute atomic E-state index is 10.2. The van der Waals surface area contributed by atoms with Gasteiger partial charge in [-0.15, -0.1) is 0 Å². The predicted octanol–water partition coefficient (Wildman–Crippen LogP) is 15.9. The minimum atomic E-state index is -6.35. The molecule has 82 heavy (non-hydrogen) atoms. The van der Waals surface area contributed by atoms with Gasteiger partial charge in [0.1, 0.15) is 17.3 Å². The number of pyridine rings is 1. The van der Waals surface area contributed by atoms with Gasteiger partial charge in [0.2, 0.25) is 0 Å². The van der Waals surface area contributed by atoms with Gasteiger partial charge in [-0.1, -0.05) is 229 Å². The molecule has 0 saturated heterocycles. The largest absolute Gasteiger partial charge is 0.458 e. The molecule has 0 saturated carbocycles. The molecule has 0 unspecified atom stereocenters. The molecule has 3 aromatic heterocycles. The molecule has 10 aromatic carbocycles. The van der Waals surface area contributed by atoms with Crippen LogP contribution in [0.1, 0.15) is 99.4 Å². The van der Waals surface area contributed by atoms with Gasteiger partial charge < -0.3 is 4.74 Å². The summed E-state index contributed by atoms with van der Waals surface area (Å²) in [6.07, 6.45) is 5.21. The van der Waals surface area contributed by atoms with Crippen molar-refractivity contribution in [3.8, 4) is 50.9 Å². The monoisotopic (exact) mass is 1100 g/mol. The third kappa shape index (κ3) is 9.14. The molecule has 13 aromatic rings. The van der Waals surface area contributed by atoms with Crippen LogP contribution in [0.4, 0.5) is 0 Å². The SMILES string of the molecule is [2H]c1c([2H])c([2H])c(-c2cc(C(C)(C)C)c(-[n+]3[c-]n(-c4cccc(Oc5ccc6c7ccccc7n(-c7cc(C(C)(C)C)ccn7)c6c5)c4)c4cc(-c5c(C([2H])([2H])[2H])cccc5C([2H])([2H])[2H])ccc43)c([Si](c3c([2H])c([2H])c([2H])c([2H])c3[2H])(c3c([2H])c([2H])c([2H])c([2H])c3[2H])c3c([2H])c([2H])c([2H])c([2H])c3[2H])c2)c([2H])c1[2H]. The van der Waals surface area contributed by atoms with Gasteiger partial charge in [-0.25, -0.2) is 4.98 Å². The quantitative estimate of drug-likeness (QED) is 0.0560. The molecule has 0 radical (unpaired) electrons. The van der Waals surface area contributed by atoms with Gasteiger partial charge in [0.25, 0.3) is 6.33 Å². The number of aryl methyl sites for hydroxylation is 2. The Bertz CT molecular complexity index is 5690. The first-order chi connectivity index (χ1) is 50.5. The second-order valence-corrected chi connectivity index (χ2v) is 25.4. The Morgan fingerprint density at radius 3 is 1.79 bits per heavy atom. The molecule has 0 aliphatic rings. The summed E-state index contributed by atoms with van der Waals surface area (Å²) < 4.78 is 255. The molecule has 5 nitrogen and oxygen atoms in total. The van der Waals surface area contributed by atoms with Crippen molar-refractivity contribution in [2.45, 2.75) is 66.1 Å².